The maximum atomic E-state index is 13.2. The molecular formula is C24H31N3O2S. The van der Waals surface area contributed by atoms with E-state index in [-0.39, 0.29) is 12.5 Å². The van der Waals surface area contributed by atoms with Crippen LogP contribution in [0.1, 0.15) is 30.5 Å². The fourth-order valence-electron chi connectivity index (χ4n) is 3.52. The van der Waals surface area contributed by atoms with Gasteiger partial charge in [0.2, 0.25) is 0 Å². The molecule has 6 heteroatoms. The standard InChI is InChI=1S/C24H31N3O2S/c1-6-26(7-2)11-12-27(22(28)16-29-20-10-8-9-17(3)14-20)24-25-21-15-18(4)13-19(5)23(21)30-24/h8-10,13-15H,6-7,11-12,16H2,1-5H3. The van der Waals surface area contributed by atoms with Crippen LogP contribution in [0.2, 0.25) is 0 Å². The molecule has 1 heterocycles. The second kappa shape index (κ2) is 10.0. The Morgan fingerprint density at radius 1 is 1.03 bits per heavy atom. The Balaban J connectivity index is 1.84. The number of rotatable bonds is 9. The molecule has 0 fully saturated rings. The largest absolute Gasteiger partial charge is 0.484 e. The van der Waals surface area contributed by atoms with Crippen LogP contribution >= 0.6 is 11.3 Å². The van der Waals surface area contributed by atoms with Crippen molar-refractivity contribution in [3.05, 3.63) is 53.1 Å². The van der Waals surface area contributed by atoms with Crippen LogP contribution in [0.4, 0.5) is 5.13 Å². The monoisotopic (exact) mass is 425 g/mol. The Bertz CT molecular complexity index is 1010. The van der Waals surface area contributed by atoms with E-state index in [1.165, 1.54) is 11.1 Å². The molecule has 1 amide bonds. The van der Waals surface area contributed by atoms with Crippen molar-refractivity contribution in [3.63, 3.8) is 0 Å². The molecule has 0 aliphatic carbocycles. The van der Waals surface area contributed by atoms with Gasteiger partial charge in [-0.15, -0.1) is 0 Å². The molecule has 2 aromatic carbocycles. The number of benzene rings is 2. The van der Waals surface area contributed by atoms with E-state index in [9.17, 15) is 4.79 Å². The fraction of sp³-hybridized carbons (Fsp3) is 0.417. The Kier molecular flexibility index (Phi) is 7.45. The third-order valence-corrected chi connectivity index (χ3v) is 6.46. The average Bonchev–Trinajstić information content (AvgIpc) is 3.13. The van der Waals surface area contributed by atoms with E-state index in [0.29, 0.717) is 12.3 Å². The highest BCUT2D eigenvalue weighted by Gasteiger charge is 2.21. The zero-order chi connectivity index (χ0) is 21.7. The number of aryl methyl sites for hydroxylation is 3. The zero-order valence-electron chi connectivity index (χ0n) is 18.6. The molecule has 0 radical (unpaired) electrons. The number of anilines is 1. The Labute approximate surface area is 183 Å². The molecule has 0 saturated heterocycles. The maximum absolute atomic E-state index is 13.2. The van der Waals surface area contributed by atoms with Crippen molar-refractivity contribution in [3.8, 4) is 5.75 Å². The normalized spacial score (nSPS) is 11.3. The number of aromatic nitrogens is 1. The lowest BCUT2D eigenvalue weighted by molar-refractivity contribution is -0.120. The van der Waals surface area contributed by atoms with Gasteiger partial charge in [0.1, 0.15) is 5.75 Å². The molecule has 0 spiro atoms. The van der Waals surface area contributed by atoms with E-state index in [1.54, 1.807) is 16.2 Å². The quantitative estimate of drug-likeness (QED) is 0.485. The minimum Gasteiger partial charge on any atom is -0.484 e. The Morgan fingerprint density at radius 3 is 2.50 bits per heavy atom. The molecule has 3 aromatic rings. The number of hydrogen-bond donors (Lipinski definition) is 0. The first-order valence-electron chi connectivity index (χ1n) is 10.5. The summed E-state index contributed by atoms with van der Waals surface area (Å²) < 4.78 is 6.93. The van der Waals surface area contributed by atoms with E-state index >= 15 is 0 Å². The molecule has 160 valence electrons. The predicted octanol–water partition coefficient (Wildman–Crippen LogP) is 4.98. The zero-order valence-corrected chi connectivity index (χ0v) is 19.4. The number of fused-ring (bicyclic) bond motifs is 1. The Hall–Kier alpha value is -2.44. The highest BCUT2D eigenvalue weighted by Crippen LogP contribution is 2.32. The molecule has 0 N–H and O–H groups in total. The number of ether oxygens (including phenoxy) is 1. The topological polar surface area (TPSA) is 45.7 Å². The first-order valence-corrected chi connectivity index (χ1v) is 11.3. The molecule has 3 rings (SSSR count). The van der Waals surface area contributed by atoms with Crippen molar-refractivity contribution in [1.82, 2.24) is 9.88 Å². The molecule has 0 saturated carbocycles. The summed E-state index contributed by atoms with van der Waals surface area (Å²) in [5, 5.41) is 0.740. The summed E-state index contributed by atoms with van der Waals surface area (Å²) in [7, 11) is 0. The highest BCUT2D eigenvalue weighted by atomic mass is 32.1. The maximum Gasteiger partial charge on any atom is 0.266 e. The van der Waals surface area contributed by atoms with Crippen LogP contribution in [0.25, 0.3) is 10.2 Å². The second-order valence-electron chi connectivity index (χ2n) is 7.60. The number of carbonyl (C=O) groups is 1. The molecule has 0 aliphatic rings. The molecule has 0 atom stereocenters. The number of carbonyl (C=O) groups excluding carboxylic acids is 1. The van der Waals surface area contributed by atoms with E-state index in [2.05, 4.69) is 44.7 Å². The Morgan fingerprint density at radius 2 is 1.80 bits per heavy atom. The third kappa shape index (κ3) is 5.37. The van der Waals surface area contributed by atoms with Gasteiger partial charge in [0, 0.05) is 13.1 Å². The van der Waals surface area contributed by atoms with Crippen LogP contribution < -0.4 is 9.64 Å². The summed E-state index contributed by atoms with van der Waals surface area (Å²) in [4.78, 5) is 22.1. The van der Waals surface area contributed by atoms with Crippen molar-refractivity contribution in [2.75, 3.05) is 37.7 Å². The van der Waals surface area contributed by atoms with Gasteiger partial charge in [-0.2, -0.15) is 0 Å². The van der Waals surface area contributed by atoms with Crippen LogP contribution in [0, 0.1) is 20.8 Å². The van der Waals surface area contributed by atoms with E-state index in [0.717, 1.165) is 40.5 Å². The van der Waals surface area contributed by atoms with Crippen molar-refractivity contribution >= 4 is 32.6 Å². The minimum absolute atomic E-state index is 0.00433. The van der Waals surface area contributed by atoms with Crippen LogP contribution in [-0.2, 0) is 4.79 Å². The van der Waals surface area contributed by atoms with Crippen molar-refractivity contribution < 1.29 is 9.53 Å². The van der Waals surface area contributed by atoms with Gasteiger partial charge < -0.3 is 9.64 Å². The second-order valence-corrected chi connectivity index (χ2v) is 8.58. The summed E-state index contributed by atoms with van der Waals surface area (Å²) in [6, 6.07) is 12.0. The van der Waals surface area contributed by atoms with Gasteiger partial charge in [0.15, 0.2) is 11.7 Å². The number of amides is 1. The third-order valence-electron chi connectivity index (χ3n) is 5.23. The smallest absolute Gasteiger partial charge is 0.266 e. The van der Waals surface area contributed by atoms with Gasteiger partial charge in [-0.05, 0) is 68.8 Å². The van der Waals surface area contributed by atoms with Crippen molar-refractivity contribution in [2.24, 2.45) is 0 Å². The van der Waals surface area contributed by atoms with E-state index in [4.69, 9.17) is 9.72 Å². The van der Waals surface area contributed by atoms with Crippen LogP contribution in [-0.4, -0.2) is 48.6 Å². The lowest BCUT2D eigenvalue weighted by Gasteiger charge is -2.24. The van der Waals surface area contributed by atoms with Gasteiger partial charge in [0.25, 0.3) is 5.91 Å². The number of thiazole rings is 1. The molecule has 5 nitrogen and oxygen atoms in total. The first-order chi connectivity index (χ1) is 14.4. The fourth-order valence-corrected chi connectivity index (χ4v) is 4.58. The SMILES string of the molecule is CCN(CC)CCN(C(=O)COc1cccc(C)c1)c1nc2cc(C)cc(C)c2s1. The van der Waals surface area contributed by atoms with Crippen LogP contribution in [0.3, 0.4) is 0 Å². The highest BCUT2D eigenvalue weighted by molar-refractivity contribution is 7.22. The lowest BCUT2D eigenvalue weighted by Crippen LogP contribution is -2.41. The van der Waals surface area contributed by atoms with Crippen molar-refractivity contribution in [1.29, 1.82) is 0 Å². The number of hydrogen-bond acceptors (Lipinski definition) is 5. The predicted molar refractivity (Wildman–Crippen MR) is 126 cm³/mol. The van der Waals surface area contributed by atoms with E-state index < -0.39 is 0 Å². The average molecular weight is 426 g/mol. The van der Waals surface area contributed by atoms with Crippen molar-refractivity contribution in [2.45, 2.75) is 34.6 Å². The van der Waals surface area contributed by atoms with Gasteiger partial charge in [-0.1, -0.05) is 43.4 Å². The molecular weight excluding hydrogens is 394 g/mol. The first kappa shape index (κ1) is 22.2. The summed E-state index contributed by atoms with van der Waals surface area (Å²) in [5.74, 6) is 0.639. The lowest BCUT2D eigenvalue weighted by atomic mass is 10.1. The summed E-state index contributed by atoms with van der Waals surface area (Å²) in [6.07, 6.45) is 0. The minimum atomic E-state index is -0.0721. The van der Waals surface area contributed by atoms with E-state index in [1.807, 2.05) is 31.2 Å². The molecule has 0 unspecified atom stereocenters. The number of nitrogens with zero attached hydrogens (tertiary/aromatic N) is 3. The van der Waals surface area contributed by atoms with Gasteiger partial charge in [0.05, 0.1) is 10.2 Å². The molecule has 0 bridgehead atoms. The van der Waals surface area contributed by atoms with Gasteiger partial charge in [-0.3, -0.25) is 9.69 Å². The molecule has 0 aliphatic heterocycles. The van der Waals surface area contributed by atoms with Crippen LogP contribution in [0.5, 0.6) is 5.75 Å². The van der Waals surface area contributed by atoms with Crippen LogP contribution in [0.15, 0.2) is 36.4 Å². The molecule has 30 heavy (non-hydrogen) atoms. The van der Waals surface area contributed by atoms with Gasteiger partial charge in [-0.25, -0.2) is 4.98 Å². The van der Waals surface area contributed by atoms with Gasteiger partial charge >= 0.3 is 0 Å². The summed E-state index contributed by atoms with van der Waals surface area (Å²) >= 11 is 1.58. The summed E-state index contributed by atoms with van der Waals surface area (Å²) in [6.45, 7) is 13.8. The summed E-state index contributed by atoms with van der Waals surface area (Å²) in [5.41, 5.74) is 4.43. The number of likely N-dealkylation sites (N-methyl/N-ethyl adjacent to an activating group) is 1. The molecule has 1 aromatic heterocycles.